The van der Waals surface area contributed by atoms with Crippen molar-refractivity contribution in [3.63, 3.8) is 0 Å². The molecule has 1 spiro atoms. The topological polar surface area (TPSA) is 48.0 Å². The quantitative estimate of drug-likeness (QED) is 0.736. The van der Waals surface area contributed by atoms with Gasteiger partial charge < -0.3 is 14.2 Å². The van der Waals surface area contributed by atoms with Crippen LogP contribution >= 0.6 is 0 Å². The summed E-state index contributed by atoms with van der Waals surface area (Å²) in [5, 5.41) is 0. The highest BCUT2D eigenvalue weighted by Gasteiger charge is 2.56. The number of ether oxygens (including phenoxy) is 3. The van der Waals surface area contributed by atoms with E-state index in [1.807, 2.05) is 24.3 Å². The van der Waals surface area contributed by atoms with Gasteiger partial charge in [-0.15, -0.1) is 0 Å². The van der Waals surface area contributed by atoms with Crippen molar-refractivity contribution in [2.75, 3.05) is 33.9 Å². The summed E-state index contributed by atoms with van der Waals surface area (Å²) in [6.45, 7) is 1.48. The van der Waals surface area contributed by atoms with E-state index in [-0.39, 0.29) is 18.2 Å². The molecule has 28 heavy (non-hydrogen) atoms. The molecule has 1 aromatic rings. The van der Waals surface area contributed by atoms with Crippen LogP contribution in [0.3, 0.4) is 0 Å². The average Bonchev–Trinajstić information content (AvgIpc) is 3.33. The number of likely N-dealkylation sites (tertiary alicyclic amines) is 1. The molecule has 0 unspecified atom stereocenters. The number of methoxy groups -OCH3 is 2. The number of carbonyl (C=O) groups is 1. The number of benzene rings is 1. The van der Waals surface area contributed by atoms with E-state index < -0.39 is 17.6 Å². The fourth-order valence-electron chi connectivity index (χ4n) is 5.35. The minimum Gasteiger partial charge on any atom is -0.497 e. The molecule has 2 heterocycles. The van der Waals surface area contributed by atoms with Crippen LogP contribution in [0.25, 0.3) is 0 Å². The molecule has 0 aromatic heterocycles. The number of nitrogens with zero attached hydrogens (tertiary/aromatic N) is 1. The van der Waals surface area contributed by atoms with E-state index in [1.54, 1.807) is 7.11 Å². The summed E-state index contributed by atoms with van der Waals surface area (Å²) in [6.07, 6.45) is 6.32. The van der Waals surface area contributed by atoms with Gasteiger partial charge in [0.1, 0.15) is 5.75 Å². The first-order valence-corrected chi connectivity index (χ1v) is 10.3. The van der Waals surface area contributed by atoms with E-state index >= 15 is 4.39 Å². The van der Waals surface area contributed by atoms with Crippen LogP contribution < -0.4 is 4.74 Å². The van der Waals surface area contributed by atoms with Crippen LogP contribution in [0.4, 0.5) is 4.39 Å². The zero-order valence-electron chi connectivity index (χ0n) is 16.8. The summed E-state index contributed by atoms with van der Waals surface area (Å²) in [6, 6.07) is 7.63. The molecule has 154 valence electrons. The largest absolute Gasteiger partial charge is 0.497 e. The number of esters is 1. The van der Waals surface area contributed by atoms with Gasteiger partial charge in [0.25, 0.3) is 0 Å². The minimum atomic E-state index is -2.03. The number of carbonyl (C=O) groups excluding carboxylic acids is 1. The van der Waals surface area contributed by atoms with Crippen molar-refractivity contribution < 1.29 is 23.4 Å². The molecule has 1 aromatic carbocycles. The van der Waals surface area contributed by atoms with Gasteiger partial charge in [0.2, 0.25) is 5.67 Å². The van der Waals surface area contributed by atoms with Crippen molar-refractivity contribution >= 4 is 5.97 Å². The van der Waals surface area contributed by atoms with Crippen LogP contribution in [0, 0.1) is 0 Å². The predicted octanol–water partition coefficient (Wildman–Crippen LogP) is 3.47. The van der Waals surface area contributed by atoms with E-state index in [9.17, 15) is 4.79 Å². The molecule has 0 bridgehead atoms. The molecule has 3 aliphatic rings. The van der Waals surface area contributed by atoms with Crippen LogP contribution in [0.1, 0.15) is 50.0 Å². The SMILES string of the molecule is COC(=O)[C@]1(F)CN(C2CCC3(CCCO3)CC2)C[C@H]1c1ccc(OC)cc1. The van der Waals surface area contributed by atoms with Crippen molar-refractivity contribution in [1.82, 2.24) is 4.90 Å². The minimum absolute atomic E-state index is 0.0563. The molecule has 4 rings (SSSR count). The van der Waals surface area contributed by atoms with E-state index in [4.69, 9.17) is 14.2 Å². The lowest BCUT2D eigenvalue weighted by Crippen LogP contribution is -2.45. The van der Waals surface area contributed by atoms with Gasteiger partial charge in [-0.25, -0.2) is 9.18 Å². The average molecular weight is 391 g/mol. The normalized spacial score (nSPS) is 36.0. The zero-order chi connectivity index (χ0) is 19.8. The van der Waals surface area contributed by atoms with Crippen LogP contribution in [0.2, 0.25) is 0 Å². The van der Waals surface area contributed by atoms with Crippen molar-refractivity contribution in [3.8, 4) is 5.75 Å². The molecular formula is C22H30FNO4. The Labute approximate surface area is 166 Å². The van der Waals surface area contributed by atoms with Gasteiger partial charge in [-0.3, -0.25) is 4.90 Å². The summed E-state index contributed by atoms with van der Waals surface area (Å²) >= 11 is 0. The van der Waals surface area contributed by atoms with Gasteiger partial charge in [-0.05, 0) is 56.2 Å². The van der Waals surface area contributed by atoms with E-state index in [0.29, 0.717) is 6.54 Å². The second-order valence-corrected chi connectivity index (χ2v) is 8.48. The molecular weight excluding hydrogens is 361 g/mol. The fourth-order valence-corrected chi connectivity index (χ4v) is 5.35. The van der Waals surface area contributed by atoms with Gasteiger partial charge in [0, 0.05) is 31.7 Å². The molecule has 2 aliphatic heterocycles. The first-order valence-electron chi connectivity index (χ1n) is 10.3. The van der Waals surface area contributed by atoms with Crippen molar-refractivity contribution in [3.05, 3.63) is 29.8 Å². The van der Waals surface area contributed by atoms with Gasteiger partial charge in [0.05, 0.1) is 19.8 Å². The van der Waals surface area contributed by atoms with Gasteiger partial charge in [0.15, 0.2) is 0 Å². The third kappa shape index (κ3) is 3.41. The maximum absolute atomic E-state index is 16.0. The van der Waals surface area contributed by atoms with E-state index in [0.717, 1.165) is 56.4 Å². The Morgan fingerprint density at radius 2 is 1.89 bits per heavy atom. The highest BCUT2D eigenvalue weighted by atomic mass is 19.1. The van der Waals surface area contributed by atoms with Crippen LogP contribution in [-0.2, 0) is 14.3 Å². The molecule has 5 nitrogen and oxygen atoms in total. The molecule has 1 aliphatic carbocycles. The lowest BCUT2D eigenvalue weighted by Gasteiger charge is -2.40. The first kappa shape index (κ1) is 19.6. The summed E-state index contributed by atoms with van der Waals surface area (Å²) in [7, 11) is 2.86. The van der Waals surface area contributed by atoms with Crippen molar-refractivity contribution in [1.29, 1.82) is 0 Å². The standard InChI is InChI=1S/C22H30FNO4/c1-26-18-6-4-16(5-7-18)19-14-24(15-22(19,23)20(25)27-2)17-8-11-21(12-9-17)10-3-13-28-21/h4-7,17,19H,3,8-15H2,1-2H3/t17?,19-,21?,22-/m0/s1. The Balaban J connectivity index is 1.52. The lowest BCUT2D eigenvalue weighted by molar-refractivity contribution is -0.155. The summed E-state index contributed by atoms with van der Waals surface area (Å²) in [5.41, 5.74) is -1.16. The molecule has 3 fully saturated rings. The molecule has 2 saturated heterocycles. The fraction of sp³-hybridized carbons (Fsp3) is 0.682. The molecule has 0 N–H and O–H groups in total. The number of hydrogen-bond acceptors (Lipinski definition) is 5. The number of halogens is 1. The third-order valence-electron chi connectivity index (χ3n) is 7.01. The Hall–Kier alpha value is -1.66. The monoisotopic (exact) mass is 391 g/mol. The van der Waals surface area contributed by atoms with Crippen LogP contribution in [0.5, 0.6) is 5.75 Å². The zero-order valence-corrected chi connectivity index (χ0v) is 16.8. The van der Waals surface area contributed by atoms with Crippen LogP contribution in [-0.4, -0.2) is 62.1 Å². The summed E-state index contributed by atoms with van der Waals surface area (Å²) in [5.74, 6) is -0.595. The Morgan fingerprint density at radius 1 is 1.18 bits per heavy atom. The third-order valence-corrected chi connectivity index (χ3v) is 7.01. The highest BCUT2D eigenvalue weighted by molar-refractivity contribution is 5.82. The van der Waals surface area contributed by atoms with Crippen LogP contribution in [0.15, 0.2) is 24.3 Å². The summed E-state index contributed by atoms with van der Waals surface area (Å²) < 4.78 is 32.1. The second kappa shape index (κ2) is 7.64. The molecule has 0 radical (unpaired) electrons. The Morgan fingerprint density at radius 3 is 2.46 bits per heavy atom. The molecule has 0 amide bonds. The first-order chi connectivity index (χ1) is 13.5. The van der Waals surface area contributed by atoms with Crippen molar-refractivity contribution in [2.24, 2.45) is 0 Å². The maximum Gasteiger partial charge on any atom is 0.345 e. The van der Waals surface area contributed by atoms with E-state index in [2.05, 4.69) is 4.90 Å². The number of alkyl halides is 1. The summed E-state index contributed by atoms with van der Waals surface area (Å²) in [4.78, 5) is 14.6. The number of rotatable bonds is 4. The van der Waals surface area contributed by atoms with Gasteiger partial charge >= 0.3 is 5.97 Å². The maximum atomic E-state index is 16.0. The van der Waals surface area contributed by atoms with Gasteiger partial charge in [-0.2, -0.15) is 0 Å². The Bertz CT molecular complexity index is 693. The smallest absolute Gasteiger partial charge is 0.345 e. The van der Waals surface area contributed by atoms with Gasteiger partial charge in [-0.1, -0.05) is 12.1 Å². The van der Waals surface area contributed by atoms with E-state index in [1.165, 1.54) is 7.11 Å². The lowest BCUT2D eigenvalue weighted by atomic mass is 9.80. The highest BCUT2D eigenvalue weighted by Crippen LogP contribution is 2.45. The predicted molar refractivity (Wildman–Crippen MR) is 103 cm³/mol. The number of hydrogen-bond donors (Lipinski definition) is 0. The molecule has 6 heteroatoms. The second-order valence-electron chi connectivity index (χ2n) is 8.48. The Kier molecular flexibility index (Phi) is 5.36. The molecule has 1 saturated carbocycles. The molecule has 2 atom stereocenters. The van der Waals surface area contributed by atoms with Crippen molar-refractivity contribution in [2.45, 2.75) is 61.8 Å².